The summed E-state index contributed by atoms with van der Waals surface area (Å²) in [4.78, 5) is 18.0. The van der Waals surface area contributed by atoms with Gasteiger partial charge in [0.1, 0.15) is 0 Å². The first-order chi connectivity index (χ1) is 11.7. The number of para-hydroxylation sites is 1. The number of nitrogens with zero attached hydrogens (tertiary/aromatic N) is 2. The molecule has 5 nitrogen and oxygen atoms in total. The van der Waals surface area contributed by atoms with Gasteiger partial charge in [0.25, 0.3) is 5.91 Å². The summed E-state index contributed by atoms with van der Waals surface area (Å²) in [6.45, 7) is 0. The van der Waals surface area contributed by atoms with Gasteiger partial charge in [-0.05, 0) is 42.5 Å². The zero-order valence-electron chi connectivity index (χ0n) is 13.5. The van der Waals surface area contributed by atoms with Crippen molar-refractivity contribution in [2.45, 2.75) is 24.8 Å². The zero-order valence-corrected chi connectivity index (χ0v) is 13.5. The fourth-order valence-electron chi connectivity index (χ4n) is 3.56. The lowest BCUT2D eigenvalue weighted by molar-refractivity contribution is -0.131. The van der Waals surface area contributed by atoms with Gasteiger partial charge in [0, 0.05) is 0 Å². The van der Waals surface area contributed by atoms with Gasteiger partial charge in [-0.15, -0.1) is 0 Å². The first-order valence-electron chi connectivity index (χ1n) is 8.13. The molecule has 1 unspecified atom stereocenters. The topological polar surface area (TPSA) is 53.9 Å². The average Bonchev–Trinajstić information content (AvgIpc) is 2.89. The molecule has 4 rings (SSSR count). The second-order valence-corrected chi connectivity index (χ2v) is 6.09. The average molecular weight is 321 g/mol. The number of nitrogens with one attached hydrogen (secondary N) is 1. The van der Waals surface area contributed by atoms with E-state index in [1.807, 2.05) is 48.5 Å². The highest BCUT2D eigenvalue weighted by atomic mass is 16.5. The number of methoxy groups -OCH3 is 1. The largest absolute Gasteiger partial charge is 0.467 e. The minimum Gasteiger partial charge on any atom is -0.467 e. The van der Waals surface area contributed by atoms with Crippen molar-refractivity contribution in [3.05, 3.63) is 65.7 Å². The number of ether oxygens (including phenoxy) is 1. The lowest BCUT2D eigenvalue weighted by atomic mass is 9.76. The van der Waals surface area contributed by atoms with Crippen molar-refractivity contribution in [1.29, 1.82) is 0 Å². The summed E-state index contributed by atoms with van der Waals surface area (Å²) in [5.74, 6) is -0.0876. The molecule has 1 aliphatic heterocycles. The van der Waals surface area contributed by atoms with Crippen LogP contribution >= 0.6 is 0 Å². The van der Waals surface area contributed by atoms with Gasteiger partial charge in [0.2, 0.25) is 0 Å². The molecule has 24 heavy (non-hydrogen) atoms. The maximum absolute atomic E-state index is 13.3. The molecule has 0 bridgehead atoms. The number of aryl methyl sites for hydroxylation is 1. The number of fused-ring (bicyclic) bond motifs is 2. The third-order valence-corrected chi connectivity index (χ3v) is 4.68. The Labute approximate surface area is 140 Å². The van der Waals surface area contributed by atoms with Gasteiger partial charge in [-0.2, -0.15) is 5.01 Å². The number of hydrogen-bond acceptors (Lipinski definition) is 4. The Morgan fingerprint density at radius 3 is 2.67 bits per heavy atom. The molecule has 122 valence electrons. The molecule has 0 fully saturated rings. The number of amides is 1. The number of aliphatic imine (C=N–C) groups is 1. The van der Waals surface area contributed by atoms with E-state index in [0.717, 1.165) is 24.1 Å². The molecule has 0 aromatic heterocycles. The summed E-state index contributed by atoms with van der Waals surface area (Å²) >= 11 is 0. The van der Waals surface area contributed by atoms with Gasteiger partial charge in [0.05, 0.1) is 12.8 Å². The summed E-state index contributed by atoms with van der Waals surface area (Å²) in [7, 11) is 1.54. The third kappa shape index (κ3) is 2.16. The van der Waals surface area contributed by atoms with Gasteiger partial charge in [-0.25, -0.2) is 4.99 Å². The van der Waals surface area contributed by atoms with Crippen LogP contribution in [0, 0.1) is 0 Å². The molecule has 2 aromatic carbocycles. The molecule has 1 aliphatic carbocycles. The van der Waals surface area contributed by atoms with Crippen LogP contribution in [0.4, 0.5) is 5.69 Å². The Kier molecular flexibility index (Phi) is 3.49. The van der Waals surface area contributed by atoms with Gasteiger partial charge in [-0.3, -0.25) is 10.2 Å². The van der Waals surface area contributed by atoms with Crippen LogP contribution in [0.2, 0.25) is 0 Å². The van der Waals surface area contributed by atoms with Crippen LogP contribution in [-0.2, 0) is 21.5 Å². The summed E-state index contributed by atoms with van der Waals surface area (Å²) < 4.78 is 5.40. The van der Waals surface area contributed by atoms with Crippen molar-refractivity contribution >= 4 is 17.6 Å². The highest BCUT2D eigenvalue weighted by Gasteiger charge is 2.52. The lowest BCUT2D eigenvalue weighted by Gasteiger charge is -2.31. The Hall–Kier alpha value is -2.82. The molecule has 5 heteroatoms. The molecule has 1 amide bonds. The van der Waals surface area contributed by atoms with Gasteiger partial charge in [-0.1, -0.05) is 42.5 Å². The minimum atomic E-state index is -0.873. The van der Waals surface area contributed by atoms with Gasteiger partial charge in [0.15, 0.2) is 5.54 Å². The number of benzene rings is 2. The number of hydrazine groups is 1. The minimum absolute atomic E-state index is 0.0876. The van der Waals surface area contributed by atoms with Crippen LogP contribution in [0.25, 0.3) is 0 Å². The third-order valence-electron chi connectivity index (χ3n) is 4.68. The second kappa shape index (κ2) is 5.67. The molecule has 1 heterocycles. The summed E-state index contributed by atoms with van der Waals surface area (Å²) in [6.07, 6.45) is 2.61. The molecule has 0 radical (unpaired) electrons. The predicted molar refractivity (Wildman–Crippen MR) is 92.4 cm³/mol. The fraction of sp³-hybridized carbons (Fsp3) is 0.263. The summed E-state index contributed by atoms with van der Waals surface area (Å²) in [5, 5.41) is 1.43. The van der Waals surface area contributed by atoms with Crippen LogP contribution < -0.4 is 5.43 Å². The normalized spacial score (nSPS) is 22.3. The van der Waals surface area contributed by atoms with Gasteiger partial charge >= 0.3 is 6.02 Å². The fourth-order valence-corrected chi connectivity index (χ4v) is 3.56. The van der Waals surface area contributed by atoms with Crippen LogP contribution in [-0.4, -0.2) is 24.0 Å². The van der Waals surface area contributed by atoms with Crippen molar-refractivity contribution < 1.29 is 9.53 Å². The molecule has 1 spiro atoms. The number of carbonyl (C=O) groups is 1. The molecule has 2 aromatic rings. The van der Waals surface area contributed by atoms with E-state index < -0.39 is 5.54 Å². The van der Waals surface area contributed by atoms with E-state index in [1.54, 1.807) is 7.11 Å². The van der Waals surface area contributed by atoms with Crippen molar-refractivity contribution in [2.24, 2.45) is 4.99 Å². The number of hydrogen-bond donors (Lipinski definition) is 1. The highest BCUT2D eigenvalue weighted by Crippen LogP contribution is 2.43. The highest BCUT2D eigenvalue weighted by molar-refractivity contribution is 6.07. The van der Waals surface area contributed by atoms with Crippen LogP contribution in [0.3, 0.4) is 0 Å². The van der Waals surface area contributed by atoms with Crippen LogP contribution in [0.1, 0.15) is 24.0 Å². The zero-order chi connectivity index (χ0) is 16.6. The molecule has 0 saturated heterocycles. The standard InChI is InChI=1S/C19H19N3O2/c1-24-18-20-19(13-7-9-14-8-5-6-12-16(14)19)17(23)22(18)21-15-10-3-2-4-11-15/h2-6,8,10-12,21H,7,9,13H2,1H3. The Morgan fingerprint density at radius 1 is 1.12 bits per heavy atom. The number of amidine groups is 1. The quantitative estimate of drug-likeness (QED) is 0.925. The molecular weight excluding hydrogens is 302 g/mol. The SMILES string of the molecule is COC1=NC2(CCCc3ccccc32)C(=O)N1Nc1ccccc1. The van der Waals surface area contributed by atoms with E-state index in [1.165, 1.54) is 10.6 Å². The monoisotopic (exact) mass is 321 g/mol. The predicted octanol–water partition coefficient (Wildman–Crippen LogP) is 3.09. The van der Waals surface area contributed by atoms with E-state index >= 15 is 0 Å². The number of carbonyl (C=O) groups excluding carboxylic acids is 1. The van der Waals surface area contributed by atoms with E-state index in [-0.39, 0.29) is 5.91 Å². The van der Waals surface area contributed by atoms with Crippen molar-refractivity contribution in [3.63, 3.8) is 0 Å². The van der Waals surface area contributed by atoms with Crippen LogP contribution in [0.5, 0.6) is 0 Å². The van der Waals surface area contributed by atoms with E-state index in [4.69, 9.17) is 9.73 Å². The van der Waals surface area contributed by atoms with E-state index in [9.17, 15) is 4.79 Å². The molecular formula is C19H19N3O2. The Bertz CT molecular complexity index is 803. The smallest absolute Gasteiger partial charge is 0.315 e. The molecule has 2 aliphatic rings. The Morgan fingerprint density at radius 2 is 1.88 bits per heavy atom. The van der Waals surface area contributed by atoms with E-state index in [2.05, 4.69) is 11.5 Å². The first kappa shape index (κ1) is 14.8. The maximum atomic E-state index is 13.3. The van der Waals surface area contributed by atoms with Crippen LogP contribution in [0.15, 0.2) is 59.6 Å². The van der Waals surface area contributed by atoms with Crippen molar-refractivity contribution in [3.8, 4) is 0 Å². The molecule has 1 N–H and O–H groups in total. The molecule has 0 saturated carbocycles. The summed E-state index contributed by atoms with van der Waals surface area (Å²) in [6, 6.07) is 17.9. The molecule has 1 atom stereocenters. The lowest BCUT2D eigenvalue weighted by Crippen LogP contribution is -2.45. The second-order valence-electron chi connectivity index (χ2n) is 6.09. The number of anilines is 1. The summed E-state index contributed by atoms with van der Waals surface area (Å²) in [5.41, 5.74) is 5.25. The first-order valence-corrected chi connectivity index (χ1v) is 8.13. The van der Waals surface area contributed by atoms with E-state index in [0.29, 0.717) is 12.4 Å². The maximum Gasteiger partial charge on any atom is 0.315 e. The number of rotatable bonds is 2. The van der Waals surface area contributed by atoms with Crippen molar-refractivity contribution in [1.82, 2.24) is 5.01 Å². The van der Waals surface area contributed by atoms with Crippen molar-refractivity contribution in [2.75, 3.05) is 12.5 Å². The van der Waals surface area contributed by atoms with Gasteiger partial charge < -0.3 is 4.74 Å². The Balaban J connectivity index is 1.75.